The SMILES string of the molecule is Cc1nc(N)c2c(n1)OC(C)(C)C(c1ccc([C@H]3CC[C@H](C[S+]([O-])CC(=O)O)CC3)cc1)=N2. The number of fused-ring (bicyclic) bond motifs is 1. The molecule has 3 N–H and O–H groups in total. The molecule has 2 aromatic rings. The molecule has 0 saturated heterocycles. The van der Waals surface area contributed by atoms with Gasteiger partial charge in [-0.2, -0.15) is 4.98 Å². The third kappa shape index (κ3) is 5.30. The number of carboxylic acids is 1. The zero-order valence-electron chi connectivity index (χ0n) is 19.2. The Morgan fingerprint density at radius 1 is 1.21 bits per heavy atom. The van der Waals surface area contributed by atoms with Crippen LogP contribution in [0.1, 0.15) is 62.4 Å². The minimum atomic E-state index is -1.28. The number of nitrogen functional groups attached to an aromatic ring is 1. The fraction of sp³-hybridized carbons (Fsp3) is 0.500. The smallest absolute Gasteiger partial charge is 0.353 e. The molecule has 1 saturated carbocycles. The number of nitrogens with two attached hydrogens (primary N) is 1. The molecule has 2 heterocycles. The van der Waals surface area contributed by atoms with Gasteiger partial charge in [0, 0.05) is 11.5 Å². The van der Waals surface area contributed by atoms with Gasteiger partial charge in [-0.3, -0.25) is 0 Å². The second-order valence-corrected chi connectivity index (χ2v) is 10.9. The van der Waals surface area contributed by atoms with Crippen LogP contribution in [0, 0.1) is 12.8 Å². The average molecular weight is 471 g/mol. The fourth-order valence-electron chi connectivity index (χ4n) is 4.72. The summed E-state index contributed by atoms with van der Waals surface area (Å²) in [7, 11) is 0. The Bertz CT molecular complexity index is 1060. The predicted octanol–water partition coefficient (Wildman–Crippen LogP) is 3.77. The number of benzene rings is 1. The molecule has 1 aliphatic heterocycles. The molecule has 9 heteroatoms. The maximum absolute atomic E-state index is 11.9. The summed E-state index contributed by atoms with van der Waals surface area (Å²) >= 11 is -1.28. The molecule has 1 atom stereocenters. The van der Waals surface area contributed by atoms with E-state index in [4.69, 9.17) is 20.6 Å². The Morgan fingerprint density at radius 3 is 2.52 bits per heavy atom. The molecule has 1 aromatic carbocycles. The first-order chi connectivity index (χ1) is 15.6. The number of aromatic nitrogens is 2. The maximum Gasteiger partial charge on any atom is 0.353 e. The van der Waals surface area contributed by atoms with Crippen LogP contribution < -0.4 is 10.5 Å². The number of hydrogen-bond donors (Lipinski definition) is 2. The van der Waals surface area contributed by atoms with Crippen LogP contribution in [-0.2, 0) is 16.0 Å². The van der Waals surface area contributed by atoms with Crippen LogP contribution >= 0.6 is 0 Å². The number of carboxylic acid groups (broad SMARTS) is 1. The molecule has 1 aliphatic carbocycles. The summed E-state index contributed by atoms with van der Waals surface area (Å²) in [6, 6.07) is 8.44. The van der Waals surface area contributed by atoms with E-state index in [-0.39, 0.29) is 5.75 Å². The molecule has 0 amide bonds. The van der Waals surface area contributed by atoms with E-state index in [1.54, 1.807) is 6.92 Å². The molecule has 176 valence electrons. The van der Waals surface area contributed by atoms with Gasteiger partial charge in [0.15, 0.2) is 11.5 Å². The molecule has 1 fully saturated rings. The number of aryl methyl sites for hydroxylation is 1. The predicted molar refractivity (Wildman–Crippen MR) is 129 cm³/mol. The van der Waals surface area contributed by atoms with E-state index in [9.17, 15) is 9.35 Å². The van der Waals surface area contributed by atoms with Crippen molar-refractivity contribution in [1.82, 2.24) is 9.97 Å². The number of anilines is 1. The van der Waals surface area contributed by atoms with E-state index in [0.717, 1.165) is 37.0 Å². The molecule has 1 unspecified atom stereocenters. The number of aliphatic imine (C=N–C) groups is 1. The molecule has 2 aliphatic rings. The summed E-state index contributed by atoms with van der Waals surface area (Å²) in [4.78, 5) is 24.1. The van der Waals surface area contributed by atoms with Gasteiger partial charge in [0.2, 0.25) is 11.6 Å². The summed E-state index contributed by atoms with van der Waals surface area (Å²) in [5, 5.41) is 8.80. The molecule has 0 radical (unpaired) electrons. The average Bonchev–Trinajstić information content (AvgIpc) is 2.72. The molecule has 1 aromatic heterocycles. The number of ether oxygens (including phenoxy) is 1. The standard InChI is InChI=1S/C24H30N4O4S/c1-14-26-22(25)20-23(27-14)32-24(2,3)21(28-20)18-10-8-17(9-11-18)16-6-4-15(5-7-16)12-33(31)13-19(29)30/h8-11,15-16H,4-7,12-13H2,1-3H3,(H,29,30)(H2,25,26,27)/t15-,16-,33?. The lowest BCUT2D eigenvalue weighted by atomic mass is 9.79. The molecule has 0 spiro atoms. The molecule has 0 bridgehead atoms. The van der Waals surface area contributed by atoms with Crippen LogP contribution in [0.4, 0.5) is 11.5 Å². The quantitative estimate of drug-likeness (QED) is 0.614. The van der Waals surface area contributed by atoms with Crippen LogP contribution in [0.5, 0.6) is 5.88 Å². The Hall–Kier alpha value is -2.65. The van der Waals surface area contributed by atoms with Gasteiger partial charge < -0.3 is 20.1 Å². The first kappa shape index (κ1) is 23.5. The molecule has 4 rings (SSSR count). The van der Waals surface area contributed by atoms with Gasteiger partial charge in [0.05, 0.1) is 5.71 Å². The van der Waals surface area contributed by atoms with E-state index < -0.39 is 22.7 Å². The van der Waals surface area contributed by atoms with E-state index in [1.807, 2.05) is 13.8 Å². The number of carbonyl (C=O) groups is 1. The molecule has 8 nitrogen and oxygen atoms in total. The molecular formula is C24H30N4O4S. The van der Waals surface area contributed by atoms with Crippen molar-refractivity contribution in [1.29, 1.82) is 0 Å². The van der Waals surface area contributed by atoms with Crippen molar-refractivity contribution < 1.29 is 19.2 Å². The minimum absolute atomic E-state index is 0.257. The highest BCUT2D eigenvalue weighted by Gasteiger charge is 2.35. The Morgan fingerprint density at radius 2 is 1.88 bits per heavy atom. The third-order valence-electron chi connectivity index (χ3n) is 6.34. The lowest BCUT2D eigenvalue weighted by molar-refractivity contribution is -0.134. The van der Waals surface area contributed by atoms with Gasteiger partial charge in [0.25, 0.3) is 0 Å². The molecular weight excluding hydrogens is 440 g/mol. The summed E-state index contributed by atoms with van der Waals surface area (Å²) in [5.41, 5.74) is 8.90. The Kier molecular flexibility index (Phi) is 6.63. The minimum Gasteiger partial charge on any atom is -0.616 e. The number of nitrogens with zero attached hydrogens (tertiary/aromatic N) is 3. The van der Waals surface area contributed by atoms with E-state index in [1.165, 1.54) is 5.56 Å². The van der Waals surface area contributed by atoms with Crippen molar-refractivity contribution >= 4 is 34.4 Å². The zero-order valence-corrected chi connectivity index (χ0v) is 20.0. The summed E-state index contributed by atoms with van der Waals surface area (Å²) < 4.78 is 18.1. The molecule has 33 heavy (non-hydrogen) atoms. The maximum atomic E-state index is 11.9. The largest absolute Gasteiger partial charge is 0.616 e. The lowest BCUT2D eigenvalue weighted by Crippen LogP contribution is -2.41. The van der Waals surface area contributed by atoms with Crippen LogP contribution in [0.25, 0.3) is 0 Å². The van der Waals surface area contributed by atoms with Gasteiger partial charge in [0.1, 0.15) is 17.2 Å². The van der Waals surface area contributed by atoms with Crippen LogP contribution in [0.2, 0.25) is 0 Å². The van der Waals surface area contributed by atoms with Crippen molar-refractivity contribution in [3.63, 3.8) is 0 Å². The lowest BCUT2D eigenvalue weighted by Gasteiger charge is -2.32. The van der Waals surface area contributed by atoms with Crippen LogP contribution in [-0.4, -0.2) is 48.4 Å². The Balaban J connectivity index is 1.45. The highest BCUT2D eigenvalue weighted by atomic mass is 32.2. The third-order valence-corrected chi connectivity index (χ3v) is 7.76. The van der Waals surface area contributed by atoms with Gasteiger partial charge in [-0.25, -0.2) is 14.8 Å². The van der Waals surface area contributed by atoms with Gasteiger partial charge >= 0.3 is 5.97 Å². The van der Waals surface area contributed by atoms with E-state index in [2.05, 4.69) is 34.2 Å². The zero-order chi connectivity index (χ0) is 23.8. The van der Waals surface area contributed by atoms with Gasteiger partial charge in [-0.1, -0.05) is 24.3 Å². The van der Waals surface area contributed by atoms with Crippen molar-refractivity contribution in [2.24, 2.45) is 10.9 Å². The Labute approximate surface area is 196 Å². The number of hydrogen-bond acceptors (Lipinski definition) is 7. The van der Waals surface area contributed by atoms with E-state index in [0.29, 0.717) is 40.8 Å². The van der Waals surface area contributed by atoms with Crippen molar-refractivity contribution in [2.45, 2.75) is 58.0 Å². The van der Waals surface area contributed by atoms with Gasteiger partial charge in [-0.15, -0.1) is 0 Å². The number of rotatable bonds is 6. The number of aliphatic carboxylic acids is 1. The summed E-state index contributed by atoms with van der Waals surface area (Å²) in [6.07, 6.45) is 3.98. The highest BCUT2D eigenvalue weighted by molar-refractivity contribution is 7.92. The second-order valence-electron chi connectivity index (χ2n) is 9.37. The van der Waals surface area contributed by atoms with Crippen LogP contribution in [0.3, 0.4) is 0 Å². The topological polar surface area (TPSA) is 134 Å². The van der Waals surface area contributed by atoms with E-state index >= 15 is 0 Å². The van der Waals surface area contributed by atoms with Crippen molar-refractivity contribution in [2.75, 3.05) is 17.2 Å². The normalized spacial score (nSPS) is 22.6. The summed E-state index contributed by atoms with van der Waals surface area (Å²) in [6.45, 7) is 5.70. The first-order valence-corrected chi connectivity index (χ1v) is 12.7. The second kappa shape index (κ2) is 9.30. The monoisotopic (exact) mass is 470 g/mol. The first-order valence-electron chi connectivity index (χ1n) is 11.2. The summed E-state index contributed by atoms with van der Waals surface area (Å²) in [5.74, 6) is 1.29. The van der Waals surface area contributed by atoms with Crippen molar-refractivity contribution in [3.05, 3.63) is 41.2 Å². The fourth-order valence-corrected chi connectivity index (χ4v) is 5.97. The highest BCUT2D eigenvalue weighted by Crippen LogP contribution is 2.40. The van der Waals surface area contributed by atoms with Crippen LogP contribution in [0.15, 0.2) is 29.3 Å². The van der Waals surface area contributed by atoms with Gasteiger partial charge in [-0.05, 0) is 69.1 Å². The van der Waals surface area contributed by atoms with Crippen molar-refractivity contribution in [3.8, 4) is 5.88 Å².